The Balaban J connectivity index is 2.04. The van der Waals surface area contributed by atoms with Crippen molar-refractivity contribution >= 4 is 11.8 Å². The van der Waals surface area contributed by atoms with Crippen molar-refractivity contribution in [2.24, 2.45) is 0 Å². The summed E-state index contributed by atoms with van der Waals surface area (Å²) in [5, 5.41) is 0. The van der Waals surface area contributed by atoms with Crippen LogP contribution in [0.5, 0.6) is 0 Å². The summed E-state index contributed by atoms with van der Waals surface area (Å²) in [6, 6.07) is 10.1. The number of nitrogens with two attached hydrogens (primary N) is 1. The van der Waals surface area contributed by atoms with Crippen LogP contribution in [0.1, 0.15) is 18.4 Å². The van der Waals surface area contributed by atoms with Gasteiger partial charge in [-0.1, -0.05) is 24.3 Å². The fraction of sp³-hybridized carbons (Fsp3) is 0.333. The molecule has 1 aliphatic heterocycles. The molecule has 0 unspecified atom stereocenters. The van der Waals surface area contributed by atoms with Crippen molar-refractivity contribution in [2.45, 2.75) is 19.8 Å². The lowest BCUT2D eigenvalue weighted by atomic mass is 10.1. The number of nitrogen functional groups attached to an aromatic ring is 1. The molecular weight excluding hydrogens is 236 g/mol. The molecule has 2 aromatic rings. The molecule has 0 atom stereocenters. The highest BCUT2D eigenvalue weighted by Crippen LogP contribution is 2.25. The smallest absolute Gasteiger partial charge is 0.227 e. The average molecular weight is 254 g/mol. The van der Waals surface area contributed by atoms with Crippen LogP contribution in [0.2, 0.25) is 0 Å². The van der Waals surface area contributed by atoms with E-state index in [0.29, 0.717) is 5.82 Å². The van der Waals surface area contributed by atoms with Crippen LogP contribution in [0, 0.1) is 6.92 Å². The van der Waals surface area contributed by atoms with E-state index < -0.39 is 0 Å². The highest BCUT2D eigenvalue weighted by molar-refractivity contribution is 5.67. The minimum absolute atomic E-state index is 0.537. The summed E-state index contributed by atoms with van der Waals surface area (Å²) in [6.45, 7) is 4.14. The van der Waals surface area contributed by atoms with Crippen molar-refractivity contribution in [2.75, 3.05) is 23.7 Å². The van der Waals surface area contributed by atoms with E-state index in [9.17, 15) is 0 Å². The molecule has 3 rings (SSSR count). The van der Waals surface area contributed by atoms with Gasteiger partial charge >= 0.3 is 0 Å². The summed E-state index contributed by atoms with van der Waals surface area (Å²) in [5.74, 6) is 1.30. The lowest BCUT2D eigenvalue weighted by Gasteiger charge is -2.16. The first-order chi connectivity index (χ1) is 9.24. The van der Waals surface area contributed by atoms with Gasteiger partial charge < -0.3 is 10.6 Å². The van der Waals surface area contributed by atoms with Crippen LogP contribution in [0.25, 0.3) is 11.3 Å². The Morgan fingerprint density at radius 1 is 1.11 bits per heavy atom. The summed E-state index contributed by atoms with van der Waals surface area (Å²) < 4.78 is 0. The van der Waals surface area contributed by atoms with Crippen LogP contribution >= 0.6 is 0 Å². The van der Waals surface area contributed by atoms with E-state index in [1.165, 1.54) is 18.4 Å². The van der Waals surface area contributed by atoms with Gasteiger partial charge in [0.2, 0.25) is 5.95 Å². The van der Waals surface area contributed by atoms with Crippen LogP contribution in [0.4, 0.5) is 11.8 Å². The Morgan fingerprint density at radius 2 is 1.84 bits per heavy atom. The van der Waals surface area contributed by atoms with Gasteiger partial charge in [0.15, 0.2) is 0 Å². The number of hydrogen-bond acceptors (Lipinski definition) is 4. The van der Waals surface area contributed by atoms with Gasteiger partial charge in [0.25, 0.3) is 0 Å². The van der Waals surface area contributed by atoms with Crippen LogP contribution in [-0.2, 0) is 0 Å². The van der Waals surface area contributed by atoms with Crippen molar-refractivity contribution in [1.29, 1.82) is 0 Å². The van der Waals surface area contributed by atoms with Crippen molar-refractivity contribution in [1.82, 2.24) is 9.97 Å². The molecule has 1 fully saturated rings. The fourth-order valence-electron chi connectivity index (χ4n) is 2.51. The number of rotatable bonds is 2. The van der Waals surface area contributed by atoms with Gasteiger partial charge in [0.05, 0.1) is 5.69 Å². The number of aryl methyl sites for hydroxylation is 1. The number of nitrogens with zero attached hydrogens (tertiary/aromatic N) is 3. The second-order valence-electron chi connectivity index (χ2n) is 4.99. The van der Waals surface area contributed by atoms with E-state index in [2.05, 4.69) is 33.9 Å². The van der Waals surface area contributed by atoms with Crippen LogP contribution in [-0.4, -0.2) is 23.1 Å². The number of hydrogen-bond donors (Lipinski definition) is 1. The Morgan fingerprint density at radius 3 is 2.58 bits per heavy atom. The van der Waals surface area contributed by atoms with Crippen molar-refractivity contribution in [3.05, 3.63) is 35.9 Å². The van der Waals surface area contributed by atoms with Gasteiger partial charge in [-0.3, -0.25) is 0 Å². The maximum absolute atomic E-state index is 5.94. The molecule has 0 bridgehead atoms. The quantitative estimate of drug-likeness (QED) is 0.895. The zero-order valence-corrected chi connectivity index (χ0v) is 11.1. The number of benzene rings is 1. The monoisotopic (exact) mass is 254 g/mol. The first-order valence-corrected chi connectivity index (χ1v) is 6.69. The molecule has 1 saturated heterocycles. The summed E-state index contributed by atoms with van der Waals surface area (Å²) in [5.41, 5.74) is 9.17. The average Bonchev–Trinajstić information content (AvgIpc) is 2.92. The van der Waals surface area contributed by atoms with Gasteiger partial charge in [0, 0.05) is 24.7 Å². The zero-order valence-electron chi connectivity index (χ0n) is 11.1. The molecule has 1 aliphatic rings. The molecule has 4 heteroatoms. The minimum Gasteiger partial charge on any atom is -0.384 e. The van der Waals surface area contributed by atoms with Gasteiger partial charge in [0.1, 0.15) is 5.82 Å². The number of anilines is 2. The largest absolute Gasteiger partial charge is 0.384 e. The number of aromatic nitrogens is 2. The summed E-state index contributed by atoms with van der Waals surface area (Å²) in [4.78, 5) is 11.3. The third-order valence-electron chi connectivity index (χ3n) is 3.54. The molecule has 1 aromatic carbocycles. The molecule has 4 nitrogen and oxygen atoms in total. The SMILES string of the molecule is Cc1ccccc1-c1cc(N)nc(N2CCCC2)n1. The molecule has 0 spiro atoms. The molecule has 1 aromatic heterocycles. The van der Waals surface area contributed by atoms with Gasteiger partial charge in [-0.05, 0) is 25.3 Å². The summed E-state index contributed by atoms with van der Waals surface area (Å²) in [6.07, 6.45) is 2.41. The molecule has 19 heavy (non-hydrogen) atoms. The van der Waals surface area contributed by atoms with E-state index in [1.807, 2.05) is 18.2 Å². The predicted molar refractivity (Wildman–Crippen MR) is 78.1 cm³/mol. The normalized spacial score (nSPS) is 14.9. The second-order valence-corrected chi connectivity index (χ2v) is 4.99. The third kappa shape index (κ3) is 2.38. The highest BCUT2D eigenvalue weighted by atomic mass is 15.3. The van der Waals surface area contributed by atoms with Crippen molar-refractivity contribution < 1.29 is 0 Å². The highest BCUT2D eigenvalue weighted by Gasteiger charge is 2.16. The maximum Gasteiger partial charge on any atom is 0.227 e. The van der Waals surface area contributed by atoms with Crippen LogP contribution < -0.4 is 10.6 Å². The minimum atomic E-state index is 0.537. The van der Waals surface area contributed by atoms with Crippen LogP contribution in [0.15, 0.2) is 30.3 Å². The van der Waals surface area contributed by atoms with Gasteiger partial charge in [-0.2, -0.15) is 4.98 Å². The molecule has 2 N–H and O–H groups in total. The van der Waals surface area contributed by atoms with E-state index >= 15 is 0 Å². The van der Waals surface area contributed by atoms with E-state index in [4.69, 9.17) is 5.73 Å². The van der Waals surface area contributed by atoms with Crippen LogP contribution in [0.3, 0.4) is 0 Å². The maximum atomic E-state index is 5.94. The second kappa shape index (κ2) is 4.88. The molecule has 2 heterocycles. The first-order valence-electron chi connectivity index (χ1n) is 6.69. The lowest BCUT2D eigenvalue weighted by Crippen LogP contribution is -2.21. The van der Waals surface area contributed by atoms with Crippen molar-refractivity contribution in [3.8, 4) is 11.3 Å². The molecule has 98 valence electrons. The molecule has 0 amide bonds. The fourth-order valence-corrected chi connectivity index (χ4v) is 2.51. The first kappa shape index (κ1) is 12.0. The Kier molecular flexibility index (Phi) is 3.07. The molecule has 0 aliphatic carbocycles. The molecule has 0 radical (unpaired) electrons. The summed E-state index contributed by atoms with van der Waals surface area (Å²) >= 11 is 0. The van der Waals surface area contributed by atoms with E-state index in [1.54, 1.807) is 0 Å². The Hall–Kier alpha value is -2.10. The topological polar surface area (TPSA) is 55.0 Å². The standard InChI is InChI=1S/C15H18N4/c1-11-6-2-3-7-12(11)13-10-14(16)18-15(17-13)19-8-4-5-9-19/h2-3,6-7,10H,4-5,8-9H2,1H3,(H2,16,17,18). The predicted octanol–water partition coefficient (Wildman–Crippen LogP) is 2.63. The third-order valence-corrected chi connectivity index (χ3v) is 3.54. The Labute approximate surface area is 113 Å². The van der Waals surface area contributed by atoms with E-state index in [0.717, 1.165) is 30.3 Å². The summed E-state index contributed by atoms with van der Waals surface area (Å²) in [7, 11) is 0. The lowest BCUT2D eigenvalue weighted by molar-refractivity contribution is 0.902. The van der Waals surface area contributed by atoms with E-state index in [-0.39, 0.29) is 0 Å². The van der Waals surface area contributed by atoms with Gasteiger partial charge in [-0.25, -0.2) is 4.98 Å². The molecular formula is C15H18N4. The zero-order chi connectivity index (χ0) is 13.2. The Bertz CT molecular complexity index is 588. The molecule has 0 saturated carbocycles. The van der Waals surface area contributed by atoms with Crippen molar-refractivity contribution in [3.63, 3.8) is 0 Å². The van der Waals surface area contributed by atoms with Gasteiger partial charge in [-0.15, -0.1) is 0 Å².